The van der Waals surface area contributed by atoms with Crippen molar-refractivity contribution in [2.24, 2.45) is 10.4 Å². The van der Waals surface area contributed by atoms with Crippen molar-refractivity contribution in [3.8, 4) is 11.9 Å². The van der Waals surface area contributed by atoms with Crippen LogP contribution in [0, 0.1) is 23.8 Å². The summed E-state index contributed by atoms with van der Waals surface area (Å²) in [5.74, 6) is 1.17. The normalized spacial score (nSPS) is 12.6. The van der Waals surface area contributed by atoms with Crippen LogP contribution in [0.2, 0.25) is 0 Å². The first-order valence-corrected chi connectivity index (χ1v) is 9.92. The van der Waals surface area contributed by atoms with Crippen LogP contribution in [0.25, 0.3) is 0 Å². The number of aliphatic imine (C=N–C) groups is 1. The van der Waals surface area contributed by atoms with E-state index in [0.717, 1.165) is 22.4 Å². The Kier molecular flexibility index (Phi) is 7.99. The number of amides is 1. The van der Waals surface area contributed by atoms with Crippen LogP contribution in [0.1, 0.15) is 37.5 Å². The van der Waals surface area contributed by atoms with Crippen LogP contribution >= 0.6 is 0 Å². The summed E-state index contributed by atoms with van der Waals surface area (Å²) in [6.07, 6.45) is 2.22. The van der Waals surface area contributed by atoms with Crippen LogP contribution in [0.15, 0.2) is 53.5 Å². The van der Waals surface area contributed by atoms with Crippen molar-refractivity contribution in [1.29, 1.82) is 5.26 Å². The van der Waals surface area contributed by atoms with E-state index < -0.39 is 0 Å². The summed E-state index contributed by atoms with van der Waals surface area (Å²) in [4.78, 5) is 16.7. The van der Waals surface area contributed by atoms with Gasteiger partial charge in [0, 0.05) is 11.8 Å². The monoisotopic (exact) mass is 406 g/mol. The minimum absolute atomic E-state index is 0.111. The zero-order chi connectivity index (χ0) is 22.1. The van der Waals surface area contributed by atoms with Gasteiger partial charge in [-0.05, 0) is 35.7 Å². The first kappa shape index (κ1) is 23.0. The van der Waals surface area contributed by atoms with E-state index in [2.05, 4.69) is 15.6 Å². The molecule has 158 valence electrons. The lowest BCUT2D eigenvalue weighted by atomic mass is 9.91. The van der Waals surface area contributed by atoms with Gasteiger partial charge in [0.1, 0.15) is 17.8 Å². The van der Waals surface area contributed by atoms with Gasteiger partial charge in [0.2, 0.25) is 12.1 Å². The Labute approximate surface area is 179 Å². The quantitative estimate of drug-likeness (QED) is 0.317. The lowest BCUT2D eigenvalue weighted by molar-refractivity contribution is -0.122. The SMILES string of the molecule is COc1ccc(CC(=O)NC(N/C(Cc2ccccc2C)=N/C#N)C(C)(C)C)cc1. The van der Waals surface area contributed by atoms with Gasteiger partial charge in [0.25, 0.3) is 0 Å². The molecular weight excluding hydrogens is 376 g/mol. The van der Waals surface area contributed by atoms with Crippen LogP contribution in [0.5, 0.6) is 5.75 Å². The van der Waals surface area contributed by atoms with Crippen molar-refractivity contribution < 1.29 is 9.53 Å². The molecule has 1 amide bonds. The number of hydrogen-bond acceptors (Lipinski definition) is 4. The van der Waals surface area contributed by atoms with Gasteiger partial charge >= 0.3 is 0 Å². The molecule has 0 aliphatic carbocycles. The van der Waals surface area contributed by atoms with Crippen molar-refractivity contribution >= 4 is 11.7 Å². The Morgan fingerprint density at radius 2 is 1.77 bits per heavy atom. The van der Waals surface area contributed by atoms with Gasteiger partial charge in [-0.2, -0.15) is 10.3 Å². The van der Waals surface area contributed by atoms with E-state index >= 15 is 0 Å². The second-order valence-electron chi connectivity index (χ2n) is 8.30. The third-order valence-electron chi connectivity index (χ3n) is 4.81. The first-order valence-electron chi connectivity index (χ1n) is 9.92. The number of nitriles is 1. The van der Waals surface area contributed by atoms with Crippen LogP contribution in [0.4, 0.5) is 0 Å². The lowest BCUT2D eigenvalue weighted by Gasteiger charge is -2.33. The highest BCUT2D eigenvalue weighted by molar-refractivity contribution is 5.86. The van der Waals surface area contributed by atoms with Crippen molar-refractivity contribution in [2.45, 2.75) is 46.7 Å². The molecule has 0 fully saturated rings. The van der Waals surface area contributed by atoms with Gasteiger partial charge in [-0.15, -0.1) is 0 Å². The average Bonchev–Trinajstić information content (AvgIpc) is 2.69. The molecule has 2 rings (SSSR count). The second-order valence-corrected chi connectivity index (χ2v) is 8.30. The highest BCUT2D eigenvalue weighted by atomic mass is 16.5. The van der Waals surface area contributed by atoms with E-state index in [1.165, 1.54) is 0 Å². The standard InChI is InChI=1S/C24H30N4O2/c1-17-8-6-7-9-19(17)15-21(26-16-25)27-23(24(2,3)4)28-22(29)14-18-10-12-20(30-5)13-11-18/h6-13,23H,14-15H2,1-5H3,(H,26,27)(H,28,29). The van der Waals surface area contributed by atoms with E-state index in [0.29, 0.717) is 12.3 Å². The zero-order valence-corrected chi connectivity index (χ0v) is 18.3. The van der Waals surface area contributed by atoms with E-state index in [1.54, 1.807) is 7.11 Å². The molecule has 0 aliphatic heterocycles. The van der Waals surface area contributed by atoms with E-state index in [4.69, 9.17) is 10.00 Å². The third kappa shape index (κ3) is 6.93. The number of nitrogens with one attached hydrogen (secondary N) is 2. The molecular formula is C24H30N4O2. The number of hydrogen-bond donors (Lipinski definition) is 2. The molecule has 0 aliphatic rings. The van der Waals surface area contributed by atoms with Gasteiger partial charge in [-0.25, -0.2) is 0 Å². The Balaban J connectivity index is 2.11. The molecule has 0 spiro atoms. The summed E-state index contributed by atoms with van der Waals surface area (Å²) >= 11 is 0. The Bertz CT molecular complexity index is 921. The van der Waals surface area contributed by atoms with Crippen LogP contribution < -0.4 is 15.4 Å². The number of carbonyl (C=O) groups is 1. The molecule has 2 N–H and O–H groups in total. The molecule has 2 aromatic rings. The van der Waals surface area contributed by atoms with E-state index in [-0.39, 0.29) is 23.9 Å². The van der Waals surface area contributed by atoms with Crippen LogP contribution in [-0.2, 0) is 17.6 Å². The maximum Gasteiger partial charge on any atom is 0.226 e. The van der Waals surface area contributed by atoms with Gasteiger partial charge in [-0.3, -0.25) is 4.79 Å². The van der Waals surface area contributed by atoms with E-state index in [9.17, 15) is 4.79 Å². The molecule has 2 aromatic carbocycles. The maximum atomic E-state index is 12.7. The summed E-state index contributed by atoms with van der Waals surface area (Å²) in [6.45, 7) is 8.10. The zero-order valence-electron chi connectivity index (χ0n) is 18.3. The summed E-state index contributed by atoms with van der Waals surface area (Å²) in [6, 6.07) is 15.4. The largest absolute Gasteiger partial charge is 0.497 e. The van der Waals surface area contributed by atoms with Crippen molar-refractivity contribution in [3.05, 3.63) is 65.2 Å². The smallest absolute Gasteiger partial charge is 0.226 e. The fourth-order valence-corrected chi connectivity index (χ4v) is 2.95. The molecule has 6 nitrogen and oxygen atoms in total. The predicted molar refractivity (Wildman–Crippen MR) is 119 cm³/mol. The number of aryl methyl sites for hydroxylation is 1. The molecule has 6 heteroatoms. The predicted octanol–water partition coefficient (Wildman–Crippen LogP) is 3.75. The fraction of sp³-hybridized carbons (Fsp3) is 0.375. The second kappa shape index (κ2) is 10.4. The van der Waals surface area contributed by atoms with Gasteiger partial charge in [0.15, 0.2) is 0 Å². The van der Waals surface area contributed by atoms with Crippen LogP contribution in [0.3, 0.4) is 0 Å². The molecule has 0 saturated heterocycles. The summed E-state index contributed by atoms with van der Waals surface area (Å²) < 4.78 is 5.16. The highest BCUT2D eigenvalue weighted by Gasteiger charge is 2.27. The maximum absolute atomic E-state index is 12.7. The van der Waals surface area contributed by atoms with Gasteiger partial charge in [0.05, 0.1) is 13.5 Å². The molecule has 0 saturated carbocycles. The number of rotatable bonds is 7. The Morgan fingerprint density at radius 1 is 1.10 bits per heavy atom. The van der Waals surface area contributed by atoms with Gasteiger partial charge < -0.3 is 15.4 Å². The van der Waals surface area contributed by atoms with Gasteiger partial charge in [-0.1, -0.05) is 57.2 Å². The Morgan fingerprint density at radius 3 is 2.33 bits per heavy atom. The summed E-state index contributed by atoms with van der Waals surface area (Å²) in [5.41, 5.74) is 2.81. The van der Waals surface area contributed by atoms with Crippen molar-refractivity contribution in [2.75, 3.05) is 7.11 Å². The molecule has 0 heterocycles. The average molecular weight is 407 g/mol. The van der Waals surface area contributed by atoms with Crippen molar-refractivity contribution in [3.63, 3.8) is 0 Å². The minimum atomic E-state index is -0.389. The number of methoxy groups -OCH3 is 1. The lowest BCUT2D eigenvalue weighted by Crippen LogP contribution is -2.55. The topological polar surface area (TPSA) is 86.5 Å². The first-order chi connectivity index (χ1) is 14.2. The highest BCUT2D eigenvalue weighted by Crippen LogP contribution is 2.19. The molecule has 30 heavy (non-hydrogen) atoms. The molecule has 0 aromatic heterocycles. The summed E-state index contributed by atoms with van der Waals surface area (Å²) in [7, 11) is 1.61. The molecule has 0 bridgehead atoms. The molecule has 1 atom stereocenters. The number of carbonyl (C=O) groups excluding carboxylic acids is 1. The molecule has 0 radical (unpaired) electrons. The Hall–Kier alpha value is -3.33. The molecule has 1 unspecified atom stereocenters. The van der Waals surface area contributed by atoms with Crippen molar-refractivity contribution in [1.82, 2.24) is 10.6 Å². The number of ether oxygens (including phenoxy) is 1. The van der Waals surface area contributed by atoms with E-state index in [1.807, 2.05) is 82.4 Å². The summed E-state index contributed by atoms with van der Waals surface area (Å²) in [5, 5.41) is 15.5. The third-order valence-corrected chi connectivity index (χ3v) is 4.81. The van der Waals surface area contributed by atoms with Crippen LogP contribution in [-0.4, -0.2) is 25.0 Å². The fourth-order valence-electron chi connectivity index (χ4n) is 2.95. The number of nitrogens with zero attached hydrogens (tertiary/aromatic N) is 2. The number of amidine groups is 1. The number of benzene rings is 2. The minimum Gasteiger partial charge on any atom is -0.497 e.